The smallest absolute Gasteiger partial charge is 0.251 e. The maximum absolute atomic E-state index is 13.6. The average molecular weight is 761 g/mol. The first-order chi connectivity index (χ1) is 26.9. The monoisotopic (exact) mass is 760 g/mol. The van der Waals surface area contributed by atoms with E-state index in [2.05, 4.69) is 69.4 Å². The molecule has 3 aliphatic rings. The predicted octanol–water partition coefficient (Wildman–Crippen LogP) is 6.33. The van der Waals surface area contributed by atoms with E-state index in [-0.39, 0.29) is 24.4 Å². The number of hydrogen-bond donors (Lipinski definition) is 4. The second-order valence-electron chi connectivity index (χ2n) is 14.9. The summed E-state index contributed by atoms with van der Waals surface area (Å²) in [5.41, 5.74) is 8.67. The van der Waals surface area contributed by atoms with Gasteiger partial charge in [0, 0.05) is 104 Å². The minimum absolute atomic E-state index is 0.252. The summed E-state index contributed by atoms with van der Waals surface area (Å²) in [6, 6.07) is 22.8. The third-order valence-corrected chi connectivity index (χ3v) is 11.6. The number of likely N-dealkylation sites (tertiary alicyclic amines) is 1. The Labute approximate surface area is 327 Å². The van der Waals surface area contributed by atoms with Crippen molar-refractivity contribution in [1.29, 1.82) is 0 Å². The van der Waals surface area contributed by atoms with Crippen molar-refractivity contribution in [3.8, 4) is 11.1 Å². The zero-order chi connectivity index (χ0) is 37.9. The second kappa shape index (κ2) is 16.5. The molecular formula is C43H49ClN8O3. The first-order valence-electron chi connectivity index (χ1n) is 19.6. The number of carbonyl (C=O) groups excluding carboxylic acids is 2. The van der Waals surface area contributed by atoms with Gasteiger partial charge in [0.2, 0.25) is 0 Å². The molecule has 3 fully saturated rings. The maximum atomic E-state index is 13.6. The van der Waals surface area contributed by atoms with Crippen molar-refractivity contribution in [3.63, 3.8) is 0 Å². The minimum Gasteiger partial charge on any atom is -0.381 e. The number of carbonyl (C=O) groups is 2. The third kappa shape index (κ3) is 8.11. The quantitative estimate of drug-likeness (QED) is 0.110. The summed E-state index contributed by atoms with van der Waals surface area (Å²) >= 11 is 6.72. The Morgan fingerprint density at radius 1 is 0.945 bits per heavy atom. The lowest BCUT2D eigenvalue weighted by molar-refractivity contribution is 0.0904. The maximum Gasteiger partial charge on any atom is 0.251 e. The predicted molar refractivity (Wildman–Crippen MR) is 216 cm³/mol. The molecule has 2 bridgehead atoms. The molecule has 2 aromatic heterocycles. The van der Waals surface area contributed by atoms with E-state index in [0.29, 0.717) is 61.0 Å². The SMILES string of the molecule is CCc1nc2c(cnn2CC)c(NC2CCOCC2)c1CNC(=O)c1cccc(C(=O)NCc2ccc(Cl)c(-c3cccc(CN4C[C@@H]5CC4CN5)c3)c2)c1. The van der Waals surface area contributed by atoms with E-state index < -0.39 is 0 Å². The van der Waals surface area contributed by atoms with Gasteiger partial charge >= 0.3 is 0 Å². The number of aromatic nitrogens is 3. The van der Waals surface area contributed by atoms with Crippen molar-refractivity contribution in [2.45, 2.75) is 83.8 Å². The summed E-state index contributed by atoms with van der Waals surface area (Å²) in [5.74, 6) is -0.530. The number of aryl methyl sites for hydroxylation is 2. The van der Waals surface area contributed by atoms with Gasteiger partial charge in [0.1, 0.15) is 0 Å². The lowest BCUT2D eigenvalue weighted by Gasteiger charge is -2.27. The average Bonchev–Trinajstić information content (AvgIpc) is 3.97. The zero-order valence-corrected chi connectivity index (χ0v) is 32.3. The highest BCUT2D eigenvalue weighted by molar-refractivity contribution is 6.33. The Hall–Kier alpha value is -4.81. The zero-order valence-electron chi connectivity index (χ0n) is 31.5. The van der Waals surface area contributed by atoms with Crippen molar-refractivity contribution in [2.75, 3.05) is 31.6 Å². The van der Waals surface area contributed by atoms with Crippen LogP contribution in [0, 0.1) is 0 Å². The van der Waals surface area contributed by atoms with E-state index in [4.69, 9.17) is 21.3 Å². The van der Waals surface area contributed by atoms with E-state index in [1.165, 1.54) is 12.0 Å². The summed E-state index contributed by atoms with van der Waals surface area (Å²) in [4.78, 5) is 34.6. The molecule has 55 heavy (non-hydrogen) atoms. The number of hydrogen-bond acceptors (Lipinski definition) is 8. The molecule has 0 aliphatic carbocycles. The molecule has 2 amide bonds. The second-order valence-corrected chi connectivity index (χ2v) is 15.3. The normalized spacial score (nSPS) is 18.5. The first kappa shape index (κ1) is 37.1. The van der Waals surface area contributed by atoms with Crippen LogP contribution in [0.3, 0.4) is 0 Å². The summed E-state index contributed by atoms with van der Waals surface area (Å²) in [7, 11) is 0. The number of amides is 2. The molecule has 12 heteroatoms. The van der Waals surface area contributed by atoms with Crippen LogP contribution in [0.2, 0.25) is 5.02 Å². The first-order valence-corrected chi connectivity index (χ1v) is 20.0. The third-order valence-electron chi connectivity index (χ3n) is 11.3. The van der Waals surface area contributed by atoms with Crippen LogP contribution >= 0.6 is 11.6 Å². The fourth-order valence-electron chi connectivity index (χ4n) is 8.27. The van der Waals surface area contributed by atoms with Gasteiger partial charge in [-0.2, -0.15) is 5.10 Å². The molecule has 2 atom stereocenters. The molecule has 3 aromatic carbocycles. The highest BCUT2D eigenvalue weighted by Crippen LogP contribution is 2.33. The molecule has 3 saturated heterocycles. The van der Waals surface area contributed by atoms with Gasteiger partial charge in [-0.25, -0.2) is 9.67 Å². The Bertz CT molecular complexity index is 2200. The standard InChI is InChI=1S/C43H49ClN8O3/c1-3-39-36(40(49-32-13-15-55-16-14-32)37-24-48-52(4-2)41(37)50-39)23-47-43(54)31-10-6-9-30(19-31)42(53)46-21-27-11-12-38(44)35(18-27)29-8-5-7-28(17-29)25-51-26-33-20-34(51)22-45-33/h5-12,17-19,24,32-34,45H,3-4,13-16,20-23,25-26H2,1-2H3,(H,46,53)(H,47,54)(H,49,50)/t33-,34?/m0/s1. The Balaban J connectivity index is 0.932. The molecule has 0 saturated carbocycles. The molecule has 0 radical (unpaired) electrons. The summed E-state index contributed by atoms with van der Waals surface area (Å²) in [6.45, 7) is 9.95. The Morgan fingerprint density at radius 3 is 2.45 bits per heavy atom. The largest absolute Gasteiger partial charge is 0.381 e. The van der Waals surface area contributed by atoms with Gasteiger partial charge in [-0.3, -0.25) is 14.5 Å². The molecule has 5 aromatic rings. The number of ether oxygens (including phenoxy) is 1. The number of rotatable bonds is 13. The van der Waals surface area contributed by atoms with E-state index in [9.17, 15) is 9.59 Å². The van der Waals surface area contributed by atoms with E-state index in [1.54, 1.807) is 24.3 Å². The van der Waals surface area contributed by atoms with Crippen LogP contribution in [0.4, 0.5) is 5.69 Å². The Morgan fingerprint density at radius 2 is 1.73 bits per heavy atom. The fourth-order valence-corrected chi connectivity index (χ4v) is 8.50. The van der Waals surface area contributed by atoms with Crippen LogP contribution in [0.25, 0.3) is 22.2 Å². The van der Waals surface area contributed by atoms with Gasteiger partial charge in [-0.1, -0.05) is 48.9 Å². The van der Waals surface area contributed by atoms with Gasteiger partial charge in [-0.05, 0) is 85.7 Å². The van der Waals surface area contributed by atoms with Gasteiger partial charge in [0.25, 0.3) is 11.8 Å². The highest BCUT2D eigenvalue weighted by Gasteiger charge is 2.37. The number of benzene rings is 3. The molecule has 11 nitrogen and oxygen atoms in total. The number of nitrogens with one attached hydrogen (secondary N) is 4. The number of anilines is 1. The molecular weight excluding hydrogens is 712 g/mol. The minimum atomic E-state index is -0.267. The van der Waals surface area contributed by atoms with Crippen molar-refractivity contribution in [1.82, 2.24) is 35.6 Å². The van der Waals surface area contributed by atoms with Crippen molar-refractivity contribution >= 4 is 40.1 Å². The van der Waals surface area contributed by atoms with Crippen LogP contribution < -0.4 is 21.3 Å². The molecule has 4 N–H and O–H groups in total. The highest BCUT2D eigenvalue weighted by atomic mass is 35.5. The van der Waals surface area contributed by atoms with Crippen LogP contribution in [0.1, 0.15) is 76.2 Å². The number of halogens is 1. The topological polar surface area (TPSA) is 125 Å². The molecule has 1 unspecified atom stereocenters. The van der Waals surface area contributed by atoms with Crippen LogP contribution in [-0.2, 0) is 37.3 Å². The number of nitrogens with zero attached hydrogens (tertiary/aromatic N) is 4. The van der Waals surface area contributed by atoms with Crippen molar-refractivity contribution < 1.29 is 14.3 Å². The molecule has 286 valence electrons. The van der Waals surface area contributed by atoms with E-state index in [0.717, 1.165) is 77.1 Å². The van der Waals surface area contributed by atoms with Gasteiger partial charge < -0.3 is 26.0 Å². The van der Waals surface area contributed by atoms with Crippen LogP contribution in [0.15, 0.2) is 72.9 Å². The van der Waals surface area contributed by atoms with Crippen LogP contribution in [0.5, 0.6) is 0 Å². The number of piperazine rings is 1. The summed E-state index contributed by atoms with van der Waals surface area (Å²) in [6.07, 6.45) is 5.60. The number of pyridine rings is 1. The lowest BCUT2D eigenvalue weighted by Crippen LogP contribution is -2.42. The summed E-state index contributed by atoms with van der Waals surface area (Å²) in [5, 5.41) is 19.7. The summed E-state index contributed by atoms with van der Waals surface area (Å²) < 4.78 is 7.51. The van der Waals surface area contributed by atoms with E-state index >= 15 is 0 Å². The molecule has 3 aliphatic heterocycles. The lowest BCUT2D eigenvalue weighted by atomic mass is 10.0. The van der Waals surface area contributed by atoms with Gasteiger partial charge in [0.15, 0.2) is 5.65 Å². The van der Waals surface area contributed by atoms with Gasteiger partial charge in [-0.15, -0.1) is 0 Å². The van der Waals surface area contributed by atoms with Crippen LogP contribution in [-0.4, -0.2) is 75.9 Å². The molecule has 8 rings (SSSR count). The fraction of sp³-hybridized carbons (Fsp3) is 0.395. The molecule has 0 spiro atoms. The van der Waals surface area contributed by atoms with Crippen molar-refractivity contribution in [3.05, 3.63) is 111 Å². The van der Waals surface area contributed by atoms with Crippen molar-refractivity contribution in [2.24, 2.45) is 0 Å². The van der Waals surface area contributed by atoms with Gasteiger partial charge in [0.05, 0.1) is 17.3 Å². The molecule has 5 heterocycles. The Kier molecular flexibility index (Phi) is 11.1. The number of fused-ring (bicyclic) bond motifs is 3. The van der Waals surface area contributed by atoms with E-state index in [1.807, 2.05) is 29.1 Å².